The molecule has 1 aliphatic heterocycles. The molecule has 1 aliphatic rings. The molecule has 0 spiro atoms. The Morgan fingerprint density at radius 2 is 2.05 bits per heavy atom. The third-order valence-corrected chi connectivity index (χ3v) is 4.89. The molecule has 1 fully saturated rings. The second-order valence-corrected chi connectivity index (χ2v) is 8.36. The van der Waals surface area contributed by atoms with Crippen molar-refractivity contribution in [2.75, 3.05) is 24.6 Å². The van der Waals surface area contributed by atoms with Crippen LogP contribution in [0.15, 0.2) is 0 Å². The van der Waals surface area contributed by atoms with E-state index in [9.17, 15) is 4.79 Å². The fourth-order valence-electron chi connectivity index (χ4n) is 2.29. The smallest absolute Gasteiger partial charge is 0.407 e. The van der Waals surface area contributed by atoms with Crippen LogP contribution in [0.2, 0.25) is 0 Å². The molecule has 0 aromatic heterocycles. The summed E-state index contributed by atoms with van der Waals surface area (Å²) in [4.78, 5) is 11.7. The van der Waals surface area contributed by atoms with Crippen LogP contribution < -0.4 is 10.6 Å². The first-order chi connectivity index (χ1) is 9.78. The number of carbonyl (C=O) groups excluding carboxylic acids is 1. The Balaban J connectivity index is 2.30. The quantitative estimate of drug-likeness (QED) is 0.789. The Morgan fingerprint density at radius 3 is 2.57 bits per heavy atom. The Kier molecular flexibility index (Phi) is 7.88. The highest BCUT2D eigenvalue weighted by Gasteiger charge is 2.20. The van der Waals surface area contributed by atoms with Crippen LogP contribution in [0.4, 0.5) is 4.79 Å². The Hall–Kier alpha value is -0.420. The SMILES string of the molecule is CC(C)C(CNC(=O)OC(C)(C)C)CNC1CCCSC1. The van der Waals surface area contributed by atoms with Gasteiger partial charge >= 0.3 is 6.09 Å². The Bertz CT molecular complexity index is 310. The van der Waals surface area contributed by atoms with E-state index in [4.69, 9.17) is 4.74 Å². The maximum Gasteiger partial charge on any atom is 0.407 e. The standard InChI is InChI=1S/C16H32N2O2S/c1-12(2)13(9-17-14-7-6-8-21-11-14)10-18-15(19)20-16(3,4)5/h12-14,17H,6-11H2,1-5H3,(H,18,19). The van der Waals surface area contributed by atoms with Gasteiger partial charge in [-0.2, -0.15) is 11.8 Å². The predicted octanol–water partition coefficient (Wildman–Crippen LogP) is 3.27. The normalized spacial score (nSPS) is 21.1. The lowest BCUT2D eigenvalue weighted by Crippen LogP contribution is -2.43. The third kappa shape index (κ3) is 8.57. The molecule has 0 aromatic carbocycles. The summed E-state index contributed by atoms with van der Waals surface area (Å²) in [5.41, 5.74) is -0.436. The highest BCUT2D eigenvalue weighted by molar-refractivity contribution is 7.99. The lowest BCUT2D eigenvalue weighted by Gasteiger charge is -2.28. The Morgan fingerprint density at radius 1 is 1.33 bits per heavy atom. The number of thioether (sulfide) groups is 1. The van der Waals surface area contributed by atoms with Crippen molar-refractivity contribution < 1.29 is 9.53 Å². The number of ether oxygens (including phenoxy) is 1. The highest BCUT2D eigenvalue weighted by atomic mass is 32.2. The minimum Gasteiger partial charge on any atom is -0.444 e. The average Bonchev–Trinajstić information content (AvgIpc) is 2.37. The van der Waals surface area contributed by atoms with Crippen LogP contribution in [-0.2, 0) is 4.74 Å². The van der Waals surface area contributed by atoms with Gasteiger partial charge in [0.25, 0.3) is 0 Å². The van der Waals surface area contributed by atoms with E-state index in [1.54, 1.807) is 0 Å². The lowest BCUT2D eigenvalue weighted by molar-refractivity contribution is 0.0514. The molecule has 0 aromatic rings. The first-order valence-corrected chi connectivity index (χ1v) is 9.21. The van der Waals surface area contributed by atoms with Crippen molar-refractivity contribution in [3.8, 4) is 0 Å². The van der Waals surface area contributed by atoms with Crippen LogP contribution >= 0.6 is 11.8 Å². The molecule has 4 nitrogen and oxygen atoms in total. The Labute approximate surface area is 134 Å². The van der Waals surface area contributed by atoms with Gasteiger partial charge in [0.05, 0.1) is 0 Å². The molecule has 1 rings (SSSR count). The third-order valence-electron chi connectivity index (χ3n) is 3.68. The summed E-state index contributed by atoms with van der Waals surface area (Å²) in [6.45, 7) is 11.7. The van der Waals surface area contributed by atoms with Gasteiger partial charge in [0.15, 0.2) is 0 Å². The van der Waals surface area contributed by atoms with Crippen LogP contribution in [0.3, 0.4) is 0 Å². The molecule has 2 N–H and O–H groups in total. The summed E-state index contributed by atoms with van der Waals surface area (Å²) < 4.78 is 5.29. The van der Waals surface area contributed by atoms with E-state index in [1.165, 1.54) is 24.3 Å². The van der Waals surface area contributed by atoms with Gasteiger partial charge in [0.2, 0.25) is 0 Å². The molecule has 5 heteroatoms. The molecule has 1 heterocycles. The van der Waals surface area contributed by atoms with Crippen LogP contribution in [0.1, 0.15) is 47.5 Å². The van der Waals surface area contributed by atoms with E-state index >= 15 is 0 Å². The molecule has 0 bridgehead atoms. The number of hydrogen-bond acceptors (Lipinski definition) is 4. The number of nitrogens with one attached hydrogen (secondary N) is 2. The summed E-state index contributed by atoms with van der Waals surface area (Å²) in [6, 6.07) is 0.631. The van der Waals surface area contributed by atoms with E-state index in [2.05, 4.69) is 24.5 Å². The van der Waals surface area contributed by atoms with Gasteiger partial charge in [0.1, 0.15) is 5.60 Å². The first kappa shape index (κ1) is 18.6. The molecule has 0 saturated carbocycles. The van der Waals surface area contributed by atoms with Crippen LogP contribution in [-0.4, -0.2) is 42.3 Å². The summed E-state index contributed by atoms with van der Waals surface area (Å²) in [6.07, 6.45) is 2.27. The van der Waals surface area contributed by atoms with Crippen molar-refractivity contribution in [2.45, 2.75) is 59.1 Å². The van der Waals surface area contributed by atoms with Crippen molar-refractivity contribution >= 4 is 17.9 Å². The second kappa shape index (κ2) is 8.89. The first-order valence-electron chi connectivity index (χ1n) is 8.06. The van der Waals surface area contributed by atoms with Gasteiger partial charge in [-0.15, -0.1) is 0 Å². The summed E-state index contributed by atoms with van der Waals surface area (Å²) in [5.74, 6) is 3.48. The zero-order valence-corrected chi connectivity index (χ0v) is 15.0. The largest absolute Gasteiger partial charge is 0.444 e. The zero-order valence-electron chi connectivity index (χ0n) is 14.2. The van der Waals surface area contributed by atoms with Gasteiger partial charge in [0, 0.05) is 24.9 Å². The molecular formula is C16H32N2O2S. The predicted molar refractivity (Wildman–Crippen MR) is 90.9 cm³/mol. The van der Waals surface area contributed by atoms with E-state index in [0.717, 1.165) is 6.54 Å². The number of carbonyl (C=O) groups is 1. The molecule has 2 atom stereocenters. The van der Waals surface area contributed by atoms with Gasteiger partial charge in [-0.25, -0.2) is 4.79 Å². The fraction of sp³-hybridized carbons (Fsp3) is 0.938. The number of hydrogen-bond donors (Lipinski definition) is 2. The van der Waals surface area contributed by atoms with Crippen molar-refractivity contribution in [1.29, 1.82) is 0 Å². The molecule has 124 valence electrons. The minimum absolute atomic E-state index is 0.318. The van der Waals surface area contributed by atoms with Crippen LogP contribution in [0.25, 0.3) is 0 Å². The average molecular weight is 317 g/mol. The molecule has 0 aliphatic carbocycles. The maximum atomic E-state index is 11.7. The monoisotopic (exact) mass is 316 g/mol. The van der Waals surface area contributed by atoms with Gasteiger partial charge < -0.3 is 15.4 Å². The van der Waals surface area contributed by atoms with Crippen molar-refractivity contribution in [3.05, 3.63) is 0 Å². The zero-order chi connectivity index (χ0) is 15.9. The van der Waals surface area contributed by atoms with Crippen molar-refractivity contribution in [1.82, 2.24) is 10.6 Å². The topological polar surface area (TPSA) is 50.4 Å². The molecule has 21 heavy (non-hydrogen) atoms. The van der Waals surface area contributed by atoms with Crippen molar-refractivity contribution in [3.63, 3.8) is 0 Å². The molecule has 2 unspecified atom stereocenters. The summed E-state index contributed by atoms with van der Waals surface area (Å²) in [7, 11) is 0. The number of amides is 1. The molecule has 1 amide bonds. The molecule has 0 radical (unpaired) electrons. The minimum atomic E-state index is -0.436. The van der Waals surface area contributed by atoms with Gasteiger partial charge in [-0.1, -0.05) is 13.8 Å². The number of rotatable bonds is 6. The van der Waals surface area contributed by atoms with Gasteiger partial charge in [-0.3, -0.25) is 0 Å². The van der Waals surface area contributed by atoms with E-state index in [1.807, 2.05) is 32.5 Å². The fourth-order valence-corrected chi connectivity index (χ4v) is 3.40. The van der Waals surface area contributed by atoms with Crippen LogP contribution in [0.5, 0.6) is 0 Å². The van der Waals surface area contributed by atoms with E-state index in [0.29, 0.717) is 24.4 Å². The second-order valence-electron chi connectivity index (χ2n) is 7.21. The molecule has 1 saturated heterocycles. The van der Waals surface area contributed by atoms with Gasteiger partial charge in [-0.05, 0) is 51.2 Å². The number of alkyl carbamates (subject to hydrolysis) is 1. The molecular weight excluding hydrogens is 284 g/mol. The lowest BCUT2D eigenvalue weighted by atomic mass is 9.95. The highest BCUT2D eigenvalue weighted by Crippen LogP contribution is 2.18. The van der Waals surface area contributed by atoms with Crippen molar-refractivity contribution in [2.24, 2.45) is 11.8 Å². The summed E-state index contributed by atoms with van der Waals surface area (Å²) in [5, 5.41) is 6.56. The summed E-state index contributed by atoms with van der Waals surface area (Å²) >= 11 is 2.04. The van der Waals surface area contributed by atoms with E-state index in [-0.39, 0.29) is 6.09 Å². The maximum absolute atomic E-state index is 11.7. The van der Waals surface area contributed by atoms with E-state index < -0.39 is 5.60 Å². The van der Waals surface area contributed by atoms with Crippen LogP contribution in [0, 0.1) is 11.8 Å².